The molecular formula is C24H22N4O5. The smallest absolute Gasteiger partial charge is 0.412 e. The number of fused-ring (bicyclic) bond motifs is 3. The van der Waals surface area contributed by atoms with E-state index in [-0.39, 0.29) is 24.0 Å². The van der Waals surface area contributed by atoms with Crippen molar-refractivity contribution in [3.05, 3.63) is 71.4 Å². The summed E-state index contributed by atoms with van der Waals surface area (Å²) in [6.45, 7) is 0.154. The van der Waals surface area contributed by atoms with E-state index in [9.17, 15) is 19.5 Å². The number of nitrogens with one attached hydrogen (secondary N) is 2. The molecule has 1 aromatic heterocycles. The van der Waals surface area contributed by atoms with Crippen molar-refractivity contribution in [1.29, 1.82) is 0 Å². The quantitative estimate of drug-likeness (QED) is 0.535. The van der Waals surface area contributed by atoms with Crippen molar-refractivity contribution < 1.29 is 24.2 Å². The van der Waals surface area contributed by atoms with Gasteiger partial charge in [0.25, 0.3) is 5.91 Å². The van der Waals surface area contributed by atoms with Crippen LogP contribution in [0.5, 0.6) is 0 Å². The van der Waals surface area contributed by atoms with Gasteiger partial charge in [-0.15, -0.1) is 0 Å². The Balaban J connectivity index is 1.24. The van der Waals surface area contributed by atoms with Crippen molar-refractivity contribution in [3.63, 3.8) is 0 Å². The molecule has 9 nitrogen and oxygen atoms in total. The van der Waals surface area contributed by atoms with Crippen LogP contribution in [-0.2, 0) is 16.6 Å². The normalized spacial score (nSPS) is 15.3. The number of nitrogens with zero attached hydrogens (tertiary/aromatic N) is 2. The van der Waals surface area contributed by atoms with E-state index in [1.165, 1.54) is 17.8 Å². The van der Waals surface area contributed by atoms with E-state index >= 15 is 0 Å². The van der Waals surface area contributed by atoms with E-state index in [0.717, 1.165) is 22.3 Å². The van der Waals surface area contributed by atoms with Crippen LogP contribution < -0.4 is 10.6 Å². The van der Waals surface area contributed by atoms with Gasteiger partial charge in [-0.05, 0) is 35.1 Å². The molecule has 0 atom stereocenters. The molecule has 0 bridgehead atoms. The number of rotatable bonds is 6. The van der Waals surface area contributed by atoms with Crippen molar-refractivity contribution in [2.75, 3.05) is 11.9 Å². The van der Waals surface area contributed by atoms with Crippen molar-refractivity contribution in [1.82, 2.24) is 15.1 Å². The largest absolute Gasteiger partial charge is 0.480 e. The van der Waals surface area contributed by atoms with E-state index < -0.39 is 23.5 Å². The number of carbonyl (C=O) groups excluding carboxylic acids is 2. The lowest BCUT2D eigenvalue weighted by atomic mass is 9.98. The van der Waals surface area contributed by atoms with Gasteiger partial charge in [-0.2, -0.15) is 5.10 Å². The predicted octanol–water partition coefficient (Wildman–Crippen LogP) is 3.13. The third kappa shape index (κ3) is 3.71. The average molecular weight is 446 g/mol. The first-order valence-electron chi connectivity index (χ1n) is 10.6. The van der Waals surface area contributed by atoms with Crippen LogP contribution in [0.1, 0.15) is 40.4 Å². The monoisotopic (exact) mass is 446 g/mol. The highest BCUT2D eigenvalue weighted by molar-refractivity contribution is 5.98. The van der Waals surface area contributed by atoms with Crippen LogP contribution in [-0.4, -0.2) is 45.0 Å². The highest BCUT2D eigenvalue weighted by Gasteiger charge is 2.52. The molecule has 0 unspecified atom stereocenters. The standard InChI is InChI=1S/C24H22N4O5/c1-28-19(21(29)26-24(10-11-24)22(30)31)12-20(27-28)25-23(32)33-13-18-16-8-4-2-6-14(16)15-7-3-5-9-17(15)18/h2-9,12,18H,10-11,13H2,1H3,(H,26,29)(H,30,31)(H,25,27,32). The van der Waals surface area contributed by atoms with Gasteiger partial charge in [0.1, 0.15) is 17.8 Å². The Bertz CT molecular complexity index is 1230. The van der Waals surface area contributed by atoms with Gasteiger partial charge in [0.15, 0.2) is 5.82 Å². The first-order chi connectivity index (χ1) is 15.9. The van der Waals surface area contributed by atoms with Gasteiger partial charge in [-0.1, -0.05) is 48.5 Å². The number of carbonyl (C=O) groups is 3. The first-order valence-corrected chi connectivity index (χ1v) is 10.6. The van der Waals surface area contributed by atoms with E-state index in [0.29, 0.717) is 12.8 Å². The van der Waals surface area contributed by atoms with E-state index in [2.05, 4.69) is 27.9 Å². The summed E-state index contributed by atoms with van der Waals surface area (Å²) in [5.74, 6) is -1.56. The van der Waals surface area contributed by atoms with Crippen LogP contribution in [0.15, 0.2) is 54.6 Å². The summed E-state index contributed by atoms with van der Waals surface area (Å²) in [4.78, 5) is 36.2. The van der Waals surface area contributed by atoms with Crippen molar-refractivity contribution in [3.8, 4) is 11.1 Å². The van der Waals surface area contributed by atoms with Gasteiger partial charge in [0, 0.05) is 19.0 Å². The molecule has 33 heavy (non-hydrogen) atoms. The number of ether oxygens (including phenoxy) is 1. The highest BCUT2D eigenvalue weighted by atomic mass is 16.5. The minimum absolute atomic E-state index is 0.0704. The lowest BCUT2D eigenvalue weighted by Gasteiger charge is -2.14. The molecule has 0 spiro atoms. The Labute approximate surface area is 189 Å². The zero-order chi connectivity index (χ0) is 23.2. The predicted molar refractivity (Wildman–Crippen MR) is 119 cm³/mol. The Hall–Kier alpha value is -4.14. The molecule has 9 heteroatoms. The second-order valence-corrected chi connectivity index (χ2v) is 8.33. The van der Waals surface area contributed by atoms with Crippen LogP contribution in [0, 0.1) is 0 Å². The lowest BCUT2D eigenvalue weighted by Crippen LogP contribution is -2.43. The minimum atomic E-state index is -1.21. The minimum Gasteiger partial charge on any atom is -0.480 e. The van der Waals surface area contributed by atoms with E-state index in [1.807, 2.05) is 36.4 Å². The molecule has 2 amide bonds. The lowest BCUT2D eigenvalue weighted by molar-refractivity contribution is -0.140. The number of aliphatic carboxylic acids is 1. The maximum atomic E-state index is 12.5. The molecule has 168 valence electrons. The number of aryl methyl sites for hydroxylation is 1. The van der Waals surface area contributed by atoms with Gasteiger partial charge in [-0.25, -0.2) is 9.59 Å². The Morgan fingerprint density at radius 1 is 1.09 bits per heavy atom. The summed E-state index contributed by atoms with van der Waals surface area (Å²) in [6.07, 6.45) is 0.0826. The topological polar surface area (TPSA) is 123 Å². The molecule has 0 aliphatic heterocycles. The molecule has 1 heterocycles. The highest BCUT2D eigenvalue weighted by Crippen LogP contribution is 2.44. The van der Waals surface area contributed by atoms with Crippen LogP contribution in [0.25, 0.3) is 11.1 Å². The summed E-state index contributed by atoms with van der Waals surface area (Å²) in [7, 11) is 1.54. The average Bonchev–Trinajstić information content (AvgIpc) is 3.39. The second-order valence-electron chi connectivity index (χ2n) is 8.33. The molecule has 2 aliphatic carbocycles. The molecule has 1 fully saturated rings. The zero-order valence-electron chi connectivity index (χ0n) is 17.9. The number of benzene rings is 2. The fourth-order valence-corrected chi connectivity index (χ4v) is 4.28. The maximum absolute atomic E-state index is 12.5. The fourth-order valence-electron chi connectivity index (χ4n) is 4.28. The third-order valence-corrected chi connectivity index (χ3v) is 6.20. The first kappa shape index (κ1) is 20.7. The Morgan fingerprint density at radius 3 is 2.27 bits per heavy atom. The van der Waals surface area contributed by atoms with Crippen molar-refractivity contribution >= 4 is 23.8 Å². The second kappa shape index (κ2) is 7.77. The number of carboxylic acid groups (broad SMARTS) is 1. The number of anilines is 1. The van der Waals surface area contributed by atoms with E-state index in [1.54, 1.807) is 0 Å². The van der Waals surface area contributed by atoms with Gasteiger partial charge < -0.3 is 15.2 Å². The fraction of sp³-hybridized carbons (Fsp3) is 0.250. The van der Waals surface area contributed by atoms with Crippen LogP contribution in [0.2, 0.25) is 0 Å². The number of hydrogen-bond donors (Lipinski definition) is 3. The van der Waals surface area contributed by atoms with Crippen LogP contribution in [0.4, 0.5) is 10.6 Å². The molecule has 3 N–H and O–H groups in total. The van der Waals surface area contributed by atoms with Crippen LogP contribution >= 0.6 is 0 Å². The van der Waals surface area contributed by atoms with Gasteiger partial charge in [-0.3, -0.25) is 14.8 Å². The van der Waals surface area contributed by atoms with Crippen LogP contribution in [0.3, 0.4) is 0 Å². The van der Waals surface area contributed by atoms with Gasteiger partial charge >= 0.3 is 12.1 Å². The molecule has 1 saturated carbocycles. The molecular weight excluding hydrogens is 424 g/mol. The maximum Gasteiger partial charge on any atom is 0.412 e. The summed E-state index contributed by atoms with van der Waals surface area (Å²) in [6, 6.07) is 17.5. The SMILES string of the molecule is Cn1nc(NC(=O)OCC2c3ccccc3-c3ccccc32)cc1C(=O)NC1(C(=O)O)CC1. The third-order valence-electron chi connectivity index (χ3n) is 6.20. The zero-order valence-corrected chi connectivity index (χ0v) is 17.9. The molecule has 2 aliphatic rings. The number of aromatic nitrogens is 2. The summed E-state index contributed by atoms with van der Waals surface area (Å²) in [5.41, 5.74) is 3.42. The Morgan fingerprint density at radius 2 is 1.70 bits per heavy atom. The summed E-state index contributed by atoms with van der Waals surface area (Å²) in [5, 5.41) is 18.4. The van der Waals surface area contributed by atoms with E-state index in [4.69, 9.17) is 4.74 Å². The summed E-state index contributed by atoms with van der Waals surface area (Å²) < 4.78 is 6.78. The number of carboxylic acids is 1. The summed E-state index contributed by atoms with van der Waals surface area (Å²) >= 11 is 0. The molecule has 0 radical (unpaired) electrons. The Kier molecular flexibility index (Phi) is 4.88. The van der Waals surface area contributed by atoms with Crippen molar-refractivity contribution in [2.45, 2.75) is 24.3 Å². The van der Waals surface area contributed by atoms with Gasteiger partial charge in [0.2, 0.25) is 0 Å². The molecule has 5 rings (SSSR count). The van der Waals surface area contributed by atoms with Gasteiger partial charge in [0.05, 0.1) is 0 Å². The number of hydrogen-bond acceptors (Lipinski definition) is 5. The number of amides is 2. The molecule has 3 aromatic rings. The molecule has 0 saturated heterocycles. The van der Waals surface area contributed by atoms with Crippen molar-refractivity contribution in [2.24, 2.45) is 7.05 Å². The molecule has 2 aromatic carbocycles.